The summed E-state index contributed by atoms with van der Waals surface area (Å²) in [5, 5.41) is 17.5. The van der Waals surface area contributed by atoms with Gasteiger partial charge in [0.1, 0.15) is 0 Å². The minimum absolute atomic E-state index is 0.00521. The number of nitrogens with one attached hydrogen (secondary N) is 3. The second kappa shape index (κ2) is 9.05. The van der Waals surface area contributed by atoms with Crippen LogP contribution >= 0.6 is 0 Å². The molecule has 1 fully saturated rings. The van der Waals surface area contributed by atoms with Crippen LogP contribution in [0, 0.1) is 0 Å². The molecule has 0 saturated carbocycles. The van der Waals surface area contributed by atoms with Crippen LogP contribution in [0.5, 0.6) is 0 Å². The normalized spacial score (nSPS) is 21.1. The quantitative estimate of drug-likeness (QED) is 0.598. The van der Waals surface area contributed by atoms with Crippen LogP contribution in [0.15, 0.2) is 30.3 Å². The number of amides is 3. The van der Waals surface area contributed by atoms with Crippen LogP contribution in [0.25, 0.3) is 0 Å². The van der Waals surface area contributed by atoms with E-state index >= 15 is 0 Å². The summed E-state index contributed by atoms with van der Waals surface area (Å²) >= 11 is 0. The third kappa shape index (κ3) is 6.45. The average Bonchev–Trinajstić information content (AvgIpc) is 2.56. The molecule has 4 N–H and O–H groups in total. The molecular weight excluding hydrogens is 322 g/mol. The molecule has 136 valence electrons. The molecule has 1 aliphatic heterocycles. The Balaban J connectivity index is 1.91. The number of benzene rings is 1. The summed E-state index contributed by atoms with van der Waals surface area (Å²) in [4.78, 5) is 34.5. The molecule has 0 aromatic heterocycles. The fourth-order valence-corrected chi connectivity index (χ4v) is 2.98. The molecule has 1 aromatic carbocycles. The smallest absolute Gasteiger partial charge is 0.315 e. The number of piperidine rings is 1. The van der Waals surface area contributed by atoms with Crippen LogP contribution in [0.4, 0.5) is 4.79 Å². The largest absolute Gasteiger partial charge is 0.481 e. The van der Waals surface area contributed by atoms with Crippen molar-refractivity contribution in [1.82, 2.24) is 16.0 Å². The minimum atomic E-state index is -0.885. The summed E-state index contributed by atoms with van der Waals surface area (Å²) in [5.74, 6) is -0.891. The Labute approximate surface area is 147 Å². The molecule has 7 heteroatoms. The van der Waals surface area contributed by atoms with Crippen LogP contribution in [-0.2, 0) is 16.0 Å². The van der Waals surface area contributed by atoms with Gasteiger partial charge in [-0.05, 0) is 31.7 Å². The first kappa shape index (κ1) is 18.8. The minimum Gasteiger partial charge on any atom is -0.481 e. The van der Waals surface area contributed by atoms with E-state index in [1.54, 1.807) is 0 Å². The van der Waals surface area contributed by atoms with Crippen LogP contribution in [0.2, 0.25) is 0 Å². The van der Waals surface area contributed by atoms with Crippen molar-refractivity contribution >= 4 is 17.9 Å². The monoisotopic (exact) mass is 347 g/mol. The van der Waals surface area contributed by atoms with Crippen molar-refractivity contribution in [1.29, 1.82) is 0 Å². The topological polar surface area (TPSA) is 108 Å². The van der Waals surface area contributed by atoms with Gasteiger partial charge in [0, 0.05) is 24.9 Å². The molecule has 1 aromatic rings. The molecule has 0 radical (unpaired) electrons. The van der Waals surface area contributed by atoms with Crippen molar-refractivity contribution in [3.63, 3.8) is 0 Å². The Morgan fingerprint density at radius 2 is 2.04 bits per heavy atom. The maximum atomic E-state index is 12.3. The van der Waals surface area contributed by atoms with Gasteiger partial charge in [-0.15, -0.1) is 0 Å². The lowest BCUT2D eigenvalue weighted by molar-refractivity contribution is -0.137. The van der Waals surface area contributed by atoms with E-state index in [0.717, 1.165) is 5.56 Å². The highest BCUT2D eigenvalue weighted by Crippen LogP contribution is 2.11. The number of carboxylic acid groups (broad SMARTS) is 1. The highest BCUT2D eigenvalue weighted by molar-refractivity contribution is 5.79. The predicted octanol–water partition coefficient (Wildman–Crippen LogP) is 1.43. The van der Waals surface area contributed by atoms with E-state index < -0.39 is 5.97 Å². The second-order valence-electron chi connectivity index (χ2n) is 6.44. The fourth-order valence-electron chi connectivity index (χ4n) is 2.98. The third-order valence-corrected chi connectivity index (χ3v) is 4.36. The third-order valence-electron chi connectivity index (χ3n) is 4.36. The molecule has 3 amide bonds. The van der Waals surface area contributed by atoms with Crippen LogP contribution in [0.3, 0.4) is 0 Å². The molecule has 2 rings (SSSR count). The highest BCUT2D eigenvalue weighted by Gasteiger charge is 2.27. The van der Waals surface area contributed by atoms with Gasteiger partial charge in [-0.2, -0.15) is 0 Å². The Hall–Kier alpha value is -2.57. The van der Waals surface area contributed by atoms with E-state index in [2.05, 4.69) is 16.0 Å². The zero-order chi connectivity index (χ0) is 18.2. The summed E-state index contributed by atoms with van der Waals surface area (Å²) in [6.07, 6.45) is 1.90. The Morgan fingerprint density at radius 1 is 1.32 bits per heavy atom. The standard InChI is InChI=1S/C18H25N3O4/c1-12-15(8-9-16(22)19-12)21-18(25)20-14(7-10-17(23)24)11-13-5-3-2-4-6-13/h2-6,12,14-15H,7-11H2,1H3,(H,19,22)(H,23,24)(H2,20,21,25). The van der Waals surface area contributed by atoms with Gasteiger partial charge < -0.3 is 21.1 Å². The van der Waals surface area contributed by atoms with Gasteiger partial charge in [0.15, 0.2) is 0 Å². The molecular formula is C18H25N3O4. The number of carbonyl (C=O) groups is 3. The predicted molar refractivity (Wildman–Crippen MR) is 93.1 cm³/mol. The van der Waals surface area contributed by atoms with Crippen molar-refractivity contribution in [2.75, 3.05) is 0 Å². The molecule has 1 aliphatic rings. The summed E-state index contributed by atoms with van der Waals surface area (Å²) in [6.45, 7) is 1.86. The Bertz CT molecular complexity index is 606. The molecule has 7 nitrogen and oxygen atoms in total. The SMILES string of the molecule is CC1NC(=O)CCC1NC(=O)NC(CCC(=O)O)Cc1ccccc1. The number of hydrogen-bond donors (Lipinski definition) is 4. The fraction of sp³-hybridized carbons (Fsp3) is 0.500. The molecule has 0 spiro atoms. The van der Waals surface area contributed by atoms with Crippen molar-refractivity contribution in [2.45, 2.75) is 57.2 Å². The van der Waals surface area contributed by atoms with E-state index in [1.165, 1.54) is 0 Å². The first-order valence-corrected chi connectivity index (χ1v) is 8.56. The van der Waals surface area contributed by atoms with E-state index in [-0.39, 0.29) is 36.5 Å². The zero-order valence-corrected chi connectivity index (χ0v) is 14.3. The molecule has 1 saturated heterocycles. The van der Waals surface area contributed by atoms with Gasteiger partial charge in [-0.1, -0.05) is 30.3 Å². The van der Waals surface area contributed by atoms with Gasteiger partial charge in [0.2, 0.25) is 5.91 Å². The average molecular weight is 347 g/mol. The summed E-state index contributed by atoms with van der Waals surface area (Å²) < 4.78 is 0. The van der Waals surface area contributed by atoms with Gasteiger partial charge in [-0.25, -0.2) is 4.79 Å². The van der Waals surface area contributed by atoms with Crippen molar-refractivity contribution in [3.05, 3.63) is 35.9 Å². The van der Waals surface area contributed by atoms with Crippen molar-refractivity contribution in [2.24, 2.45) is 0 Å². The molecule has 25 heavy (non-hydrogen) atoms. The molecule has 0 aliphatic carbocycles. The molecule has 3 unspecified atom stereocenters. The Morgan fingerprint density at radius 3 is 2.68 bits per heavy atom. The number of urea groups is 1. The molecule has 0 bridgehead atoms. The van der Waals surface area contributed by atoms with Crippen molar-refractivity contribution in [3.8, 4) is 0 Å². The van der Waals surface area contributed by atoms with Gasteiger partial charge in [-0.3, -0.25) is 9.59 Å². The summed E-state index contributed by atoms with van der Waals surface area (Å²) in [5.41, 5.74) is 1.04. The van der Waals surface area contributed by atoms with E-state index in [9.17, 15) is 14.4 Å². The van der Waals surface area contributed by atoms with Crippen LogP contribution < -0.4 is 16.0 Å². The lowest BCUT2D eigenvalue weighted by atomic mass is 9.99. The van der Waals surface area contributed by atoms with Gasteiger partial charge in [0.25, 0.3) is 0 Å². The van der Waals surface area contributed by atoms with E-state index in [0.29, 0.717) is 25.7 Å². The molecule has 1 heterocycles. The second-order valence-corrected chi connectivity index (χ2v) is 6.44. The van der Waals surface area contributed by atoms with E-state index in [1.807, 2.05) is 37.3 Å². The number of carboxylic acids is 1. The molecule has 3 atom stereocenters. The maximum Gasteiger partial charge on any atom is 0.315 e. The lowest BCUT2D eigenvalue weighted by Gasteiger charge is -2.31. The lowest BCUT2D eigenvalue weighted by Crippen LogP contribution is -2.57. The number of hydrogen-bond acceptors (Lipinski definition) is 3. The van der Waals surface area contributed by atoms with Crippen LogP contribution in [0.1, 0.15) is 38.2 Å². The first-order valence-electron chi connectivity index (χ1n) is 8.56. The van der Waals surface area contributed by atoms with Gasteiger partial charge in [0.05, 0.1) is 6.04 Å². The number of rotatable bonds is 7. The zero-order valence-electron chi connectivity index (χ0n) is 14.3. The Kier molecular flexibility index (Phi) is 6.80. The summed E-state index contributed by atoms with van der Waals surface area (Å²) in [7, 11) is 0. The first-order chi connectivity index (χ1) is 11.9. The maximum absolute atomic E-state index is 12.3. The number of aliphatic carboxylic acids is 1. The highest BCUT2D eigenvalue weighted by atomic mass is 16.4. The summed E-state index contributed by atoms with van der Waals surface area (Å²) in [6, 6.07) is 8.78. The van der Waals surface area contributed by atoms with Crippen molar-refractivity contribution < 1.29 is 19.5 Å². The van der Waals surface area contributed by atoms with Gasteiger partial charge >= 0.3 is 12.0 Å². The van der Waals surface area contributed by atoms with Crippen LogP contribution in [-0.4, -0.2) is 41.1 Å². The number of carbonyl (C=O) groups excluding carboxylic acids is 2. The van der Waals surface area contributed by atoms with E-state index in [4.69, 9.17) is 5.11 Å².